The highest BCUT2D eigenvalue weighted by atomic mass is 16.7. The van der Waals surface area contributed by atoms with Gasteiger partial charge in [-0.05, 0) is 24.3 Å². The van der Waals surface area contributed by atoms with Crippen molar-refractivity contribution in [2.75, 3.05) is 11.9 Å². The molecular formula is C17H22N4O8. The lowest BCUT2D eigenvalue weighted by atomic mass is 9.99. The van der Waals surface area contributed by atoms with Gasteiger partial charge in [0.05, 0.1) is 19.2 Å². The van der Waals surface area contributed by atoms with Crippen LogP contribution in [0.15, 0.2) is 30.5 Å². The van der Waals surface area contributed by atoms with E-state index in [0.717, 1.165) is 0 Å². The second-order valence-corrected chi connectivity index (χ2v) is 6.50. The molecule has 1 fully saturated rings. The third-order valence-electron chi connectivity index (χ3n) is 4.39. The maximum absolute atomic E-state index is 12.0. The van der Waals surface area contributed by atoms with E-state index >= 15 is 0 Å². The number of carbonyl (C=O) groups excluding carboxylic acids is 1. The molecule has 12 nitrogen and oxygen atoms in total. The highest BCUT2D eigenvalue weighted by Crippen LogP contribution is 2.25. The molecule has 0 bridgehead atoms. The number of carbonyl (C=O) groups is 1. The zero-order valence-electron chi connectivity index (χ0n) is 15.1. The first-order valence-electron chi connectivity index (χ1n) is 8.80. The molecule has 1 aliphatic rings. The Kier molecular flexibility index (Phi) is 6.74. The Morgan fingerprint density at radius 1 is 1.21 bits per heavy atom. The number of hydrogen-bond acceptors (Lipinski definition) is 10. The Morgan fingerprint density at radius 3 is 2.55 bits per heavy atom. The summed E-state index contributed by atoms with van der Waals surface area (Å²) in [5, 5.41) is 60.8. The average Bonchev–Trinajstić information content (AvgIpc) is 3.25. The van der Waals surface area contributed by atoms with Crippen LogP contribution in [0.3, 0.4) is 0 Å². The molecule has 1 unspecified atom stereocenters. The highest BCUT2D eigenvalue weighted by molar-refractivity contribution is 5.91. The lowest BCUT2D eigenvalue weighted by Gasteiger charge is -2.39. The molecule has 6 atom stereocenters. The minimum Gasteiger partial charge on any atom is -0.462 e. The van der Waals surface area contributed by atoms with E-state index in [1.54, 1.807) is 0 Å². The van der Waals surface area contributed by atoms with Crippen molar-refractivity contribution in [1.29, 1.82) is 0 Å². The lowest BCUT2D eigenvalue weighted by Crippen LogP contribution is -2.60. The fourth-order valence-corrected chi connectivity index (χ4v) is 2.78. The minimum absolute atomic E-state index is 0.213. The van der Waals surface area contributed by atoms with Gasteiger partial charge in [0.25, 0.3) is 0 Å². The molecule has 7 N–H and O–H groups in total. The summed E-state index contributed by atoms with van der Waals surface area (Å²) < 4.78 is 10.7. The normalized spacial score (nSPS) is 28.0. The number of aliphatic hydroxyl groups excluding tert-OH is 5. The summed E-state index contributed by atoms with van der Waals surface area (Å²) in [6.45, 7) is -0.560. The summed E-state index contributed by atoms with van der Waals surface area (Å²) in [4.78, 5) is 12.0. The lowest BCUT2D eigenvalue weighted by molar-refractivity contribution is -0.277. The molecule has 0 saturated carbocycles. The molecule has 3 rings (SSSR count). The molecular weight excluding hydrogens is 388 g/mol. The van der Waals surface area contributed by atoms with Crippen LogP contribution < -0.4 is 10.1 Å². The molecule has 29 heavy (non-hydrogen) atoms. The number of amides is 1. The van der Waals surface area contributed by atoms with Crippen molar-refractivity contribution >= 4 is 11.6 Å². The van der Waals surface area contributed by atoms with E-state index in [1.807, 2.05) is 0 Å². The van der Waals surface area contributed by atoms with Gasteiger partial charge < -0.3 is 40.3 Å². The summed E-state index contributed by atoms with van der Waals surface area (Å²) in [5.74, 6) is -0.182. The summed E-state index contributed by atoms with van der Waals surface area (Å²) in [5.41, 5.74) is 0.687. The first-order chi connectivity index (χ1) is 13.9. The number of ether oxygens (including phenoxy) is 2. The van der Waals surface area contributed by atoms with Crippen molar-refractivity contribution in [3.8, 4) is 5.75 Å². The van der Waals surface area contributed by atoms with Crippen LogP contribution in [0.5, 0.6) is 5.75 Å². The molecule has 1 amide bonds. The molecule has 1 aromatic carbocycles. The van der Waals surface area contributed by atoms with Gasteiger partial charge in [0, 0.05) is 5.69 Å². The number of benzene rings is 1. The number of rotatable bonds is 7. The number of aliphatic hydroxyl groups is 5. The molecule has 0 spiro atoms. The molecule has 2 aromatic rings. The van der Waals surface area contributed by atoms with Gasteiger partial charge >= 0.3 is 0 Å². The van der Waals surface area contributed by atoms with E-state index in [2.05, 4.69) is 20.7 Å². The maximum Gasteiger partial charge on any atom is 0.229 e. The van der Waals surface area contributed by atoms with Gasteiger partial charge in [-0.25, -0.2) is 0 Å². The number of hydrogen-bond donors (Lipinski definition) is 7. The Labute approximate surface area is 164 Å². The van der Waals surface area contributed by atoms with Crippen LogP contribution in [0.1, 0.15) is 18.2 Å². The highest BCUT2D eigenvalue weighted by Gasteiger charge is 2.44. The maximum atomic E-state index is 12.0. The van der Waals surface area contributed by atoms with E-state index in [-0.39, 0.29) is 17.9 Å². The van der Waals surface area contributed by atoms with E-state index < -0.39 is 49.3 Å². The van der Waals surface area contributed by atoms with Crippen molar-refractivity contribution < 1.29 is 39.8 Å². The second-order valence-electron chi connectivity index (χ2n) is 6.50. The van der Waals surface area contributed by atoms with Crippen LogP contribution in [0.25, 0.3) is 0 Å². The summed E-state index contributed by atoms with van der Waals surface area (Å²) in [6, 6.07) is 6.04. The monoisotopic (exact) mass is 410 g/mol. The standard InChI is InChI=1S/C17H22N4O8/c22-7-12-14(25)15(26)16(27)17(29-12)28-9-3-1-8(2-4-9)19-13(24)5-11(23)10-6-18-21-20-10/h1-4,6,11-12,14-17,22-23,25-27H,5,7H2,(H,19,24)(H,18,20,21)/t11?,12-,14+,15+,16-,17+/m1/s1. The van der Waals surface area contributed by atoms with Crippen molar-refractivity contribution in [2.45, 2.75) is 43.2 Å². The largest absolute Gasteiger partial charge is 0.462 e. The van der Waals surface area contributed by atoms with Gasteiger partial charge in [-0.3, -0.25) is 4.79 Å². The SMILES string of the molecule is O=C(CC(O)c1cn[nH]n1)Nc1ccc(O[C@H]2O[C@H](CO)[C@H](O)[C@H](O)[C@H]2O)cc1. The molecule has 2 heterocycles. The van der Waals surface area contributed by atoms with Gasteiger partial charge in [0.2, 0.25) is 12.2 Å². The molecule has 1 aliphatic heterocycles. The fourth-order valence-electron chi connectivity index (χ4n) is 2.78. The Morgan fingerprint density at radius 2 is 1.93 bits per heavy atom. The third-order valence-corrected chi connectivity index (χ3v) is 4.39. The first-order valence-corrected chi connectivity index (χ1v) is 8.80. The van der Waals surface area contributed by atoms with Crippen molar-refractivity contribution in [3.63, 3.8) is 0 Å². The van der Waals surface area contributed by atoms with Gasteiger partial charge in [0.15, 0.2) is 0 Å². The first kappa shape index (κ1) is 21.1. The van der Waals surface area contributed by atoms with Gasteiger partial charge in [-0.15, -0.1) is 0 Å². The predicted molar refractivity (Wildman–Crippen MR) is 95.4 cm³/mol. The molecule has 0 aliphatic carbocycles. The Hall–Kier alpha value is -2.61. The van der Waals surface area contributed by atoms with Gasteiger partial charge in [-0.1, -0.05) is 0 Å². The third kappa shape index (κ3) is 5.06. The number of anilines is 1. The van der Waals surface area contributed by atoms with Crippen LogP contribution in [-0.2, 0) is 9.53 Å². The summed E-state index contributed by atoms with van der Waals surface area (Å²) in [6.07, 6.45) is -6.90. The Balaban J connectivity index is 1.55. The van der Waals surface area contributed by atoms with Crippen LogP contribution in [0, 0.1) is 0 Å². The van der Waals surface area contributed by atoms with Crippen molar-refractivity contribution in [2.24, 2.45) is 0 Å². The Bertz CT molecular complexity index is 785. The van der Waals surface area contributed by atoms with Crippen molar-refractivity contribution in [1.82, 2.24) is 15.4 Å². The van der Waals surface area contributed by atoms with Crippen LogP contribution in [-0.4, -0.2) is 84.2 Å². The van der Waals surface area contributed by atoms with E-state index in [4.69, 9.17) is 9.47 Å². The van der Waals surface area contributed by atoms with E-state index in [0.29, 0.717) is 5.69 Å². The smallest absolute Gasteiger partial charge is 0.229 e. The van der Waals surface area contributed by atoms with Crippen LogP contribution >= 0.6 is 0 Å². The average molecular weight is 410 g/mol. The van der Waals surface area contributed by atoms with Crippen LogP contribution in [0.2, 0.25) is 0 Å². The minimum atomic E-state index is -1.54. The topological polar surface area (TPSA) is 190 Å². The summed E-state index contributed by atoms with van der Waals surface area (Å²) in [7, 11) is 0. The number of nitrogens with one attached hydrogen (secondary N) is 2. The van der Waals surface area contributed by atoms with E-state index in [1.165, 1.54) is 30.5 Å². The quantitative estimate of drug-likeness (QED) is 0.270. The van der Waals surface area contributed by atoms with Gasteiger partial charge in [-0.2, -0.15) is 15.4 Å². The number of aromatic nitrogens is 3. The number of aromatic amines is 1. The summed E-state index contributed by atoms with van der Waals surface area (Å²) >= 11 is 0. The number of nitrogens with zero attached hydrogens (tertiary/aromatic N) is 2. The molecule has 1 aromatic heterocycles. The second kappa shape index (κ2) is 9.26. The zero-order valence-corrected chi connectivity index (χ0v) is 15.1. The van der Waals surface area contributed by atoms with Crippen molar-refractivity contribution in [3.05, 3.63) is 36.2 Å². The van der Waals surface area contributed by atoms with E-state index in [9.17, 15) is 30.3 Å². The molecule has 1 saturated heterocycles. The predicted octanol–water partition coefficient (Wildman–Crippen LogP) is -1.95. The number of H-pyrrole nitrogens is 1. The molecule has 158 valence electrons. The zero-order chi connectivity index (χ0) is 21.0. The van der Waals surface area contributed by atoms with Gasteiger partial charge in [0.1, 0.15) is 42.0 Å². The van der Waals surface area contributed by atoms with Crippen LogP contribution in [0.4, 0.5) is 5.69 Å². The molecule has 0 radical (unpaired) electrons. The fraction of sp³-hybridized carbons (Fsp3) is 0.471. The molecule has 12 heteroatoms.